The molecule has 0 bridgehead atoms. The molecule has 4 aromatic rings. The molecule has 192 valence electrons. The summed E-state index contributed by atoms with van der Waals surface area (Å²) in [5.74, 6) is 1.16. The second-order valence-corrected chi connectivity index (χ2v) is 9.86. The van der Waals surface area contributed by atoms with Gasteiger partial charge in [0, 0.05) is 17.1 Å². The van der Waals surface area contributed by atoms with Crippen molar-refractivity contribution < 1.29 is 27.4 Å². The van der Waals surface area contributed by atoms with Crippen LogP contribution in [0.4, 0.5) is 11.4 Å². The van der Waals surface area contributed by atoms with Crippen molar-refractivity contribution in [3.63, 3.8) is 0 Å². The lowest BCUT2D eigenvalue weighted by molar-refractivity contribution is -0.122. The summed E-state index contributed by atoms with van der Waals surface area (Å²) in [6.45, 7) is 1.87. The zero-order valence-corrected chi connectivity index (χ0v) is 21.5. The normalized spacial score (nSPS) is 12.0. The Balaban J connectivity index is 1.45. The summed E-state index contributed by atoms with van der Waals surface area (Å²) in [6, 6.07) is 24.2. The maximum absolute atomic E-state index is 12.9. The van der Waals surface area contributed by atoms with Crippen molar-refractivity contribution >= 4 is 38.1 Å². The minimum atomic E-state index is -3.90. The molecule has 8 nitrogen and oxygen atoms in total. The highest BCUT2D eigenvalue weighted by atomic mass is 32.2. The molecule has 4 rings (SSSR count). The molecule has 2 N–H and O–H groups in total. The molecule has 0 saturated carbocycles. The van der Waals surface area contributed by atoms with E-state index in [1.54, 1.807) is 18.2 Å². The van der Waals surface area contributed by atoms with E-state index in [1.165, 1.54) is 38.5 Å². The average Bonchev–Trinajstić information content (AvgIpc) is 2.92. The third-order valence-electron chi connectivity index (χ3n) is 5.77. The summed E-state index contributed by atoms with van der Waals surface area (Å²) < 4.78 is 44.8. The Bertz CT molecular complexity index is 1500. The molecule has 0 spiro atoms. The van der Waals surface area contributed by atoms with Crippen molar-refractivity contribution in [2.45, 2.75) is 24.3 Å². The first-order valence-electron chi connectivity index (χ1n) is 11.6. The minimum absolute atomic E-state index is 0.0300. The van der Waals surface area contributed by atoms with E-state index >= 15 is 0 Å². The van der Waals surface area contributed by atoms with Crippen molar-refractivity contribution in [2.75, 3.05) is 24.3 Å². The number of benzene rings is 4. The van der Waals surface area contributed by atoms with Crippen molar-refractivity contribution in [3.8, 4) is 17.2 Å². The zero-order chi connectivity index (χ0) is 26.4. The molecule has 0 fully saturated rings. The van der Waals surface area contributed by atoms with Crippen LogP contribution in [0, 0.1) is 0 Å². The van der Waals surface area contributed by atoms with E-state index in [0.29, 0.717) is 29.4 Å². The monoisotopic (exact) mass is 520 g/mol. The molecule has 1 atom stereocenters. The number of nitrogens with one attached hydrogen (secondary N) is 2. The van der Waals surface area contributed by atoms with Crippen LogP contribution in [0.25, 0.3) is 10.8 Å². The number of carbonyl (C=O) groups excluding carboxylic acids is 1. The largest absolute Gasteiger partial charge is 0.497 e. The second kappa shape index (κ2) is 11.2. The number of hydrogen-bond acceptors (Lipinski definition) is 6. The molecular weight excluding hydrogens is 492 g/mol. The van der Waals surface area contributed by atoms with Gasteiger partial charge in [0.25, 0.3) is 15.9 Å². The van der Waals surface area contributed by atoms with Crippen LogP contribution in [-0.2, 0) is 14.8 Å². The van der Waals surface area contributed by atoms with Gasteiger partial charge >= 0.3 is 0 Å². The van der Waals surface area contributed by atoms with E-state index in [0.717, 1.165) is 10.8 Å². The quantitative estimate of drug-likeness (QED) is 0.288. The van der Waals surface area contributed by atoms with Crippen LogP contribution in [0.5, 0.6) is 17.2 Å². The molecule has 0 aliphatic rings. The standard InChI is InChI=1S/C28H28N2O6S/c1-4-25(36-26-11-7-9-19-8-5-6-10-23(19)26)28(31)29-20-12-15-22(16-13-20)37(32,33)30-24-17-14-21(34-2)18-27(24)35-3/h5-18,25,30H,4H2,1-3H3,(H,29,31)/t25-/m0/s1. The molecule has 0 aliphatic carbocycles. The molecule has 0 unspecified atom stereocenters. The van der Waals surface area contributed by atoms with Crippen molar-refractivity contribution in [2.24, 2.45) is 0 Å². The molecule has 0 saturated heterocycles. The number of amides is 1. The first-order chi connectivity index (χ1) is 17.8. The Morgan fingerprint density at radius 1 is 0.865 bits per heavy atom. The topological polar surface area (TPSA) is 103 Å². The molecule has 0 aromatic heterocycles. The van der Waals surface area contributed by atoms with E-state index in [2.05, 4.69) is 10.0 Å². The minimum Gasteiger partial charge on any atom is -0.497 e. The molecule has 1 amide bonds. The number of rotatable bonds is 10. The summed E-state index contributed by atoms with van der Waals surface area (Å²) in [4.78, 5) is 13.0. The van der Waals surface area contributed by atoms with Gasteiger partial charge in [-0.25, -0.2) is 8.42 Å². The van der Waals surface area contributed by atoms with Crippen molar-refractivity contribution in [3.05, 3.63) is 84.9 Å². The highest BCUT2D eigenvalue weighted by Gasteiger charge is 2.21. The fraction of sp³-hybridized carbons (Fsp3) is 0.179. The van der Waals surface area contributed by atoms with Crippen molar-refractivity contribution in [1.29, 1.82) is 0 Å². The average molecular weight is 521 g/mol. The van der Waals surface area contributed by atoms with Crippen LogP contribution in [0.3, 0.4) is 0 Å². The summed E-state index contributed by atoms with van der Waals surface area (Å²) in [5.41, 5.74) is 0.725. The van der Waals surface area contributed by atoms with E-state index < -0.39 is 16.1 Å². The summed E-state index contributed by atoms with van der Waals surface area (Å²) >= 11 is 0. The van der Waals surface area contributed by atoms with Gasteiger partial charge in [0.05, 0.1) is 24.8 Å². The highest BCUT2D eigenvalue weighted by molar-refractivity contribution is 7.92. The number of carbonyl (C=O) groups is 1. The second-order valence-electron chi connectivity index (χ2n) is 8.18. The summed E-state index contributed by atoms with van der Waals surface area (Å²) in [7, 11) is -0.948. The lowest BCUT2D eigenvalue weighted by atomic mass is 10.1. The fourth-order valence-electron chi connectivity index (χ4n) is 3.80. The Hall–Kier alpha value is -4.24. The molecule has 9 heteroatoms. The van der Waals surface area contributed by atoms with Crippen molar-refractivity contribution in [1.82, 2.24) is 0 Å². The molecule has 0 heterocycles. The van der Waals surface area contributed by atoms with Crippen LogP contribution < -0.4 is 24.2 Å². The number of ether oxygens (including phenoxy) is 3. The van der Waals surface area contributed by atoms with E-state index in [-0.39, 0.29) is 16.5 Å². The number of hydrogen-bond donors (Lipinski definition) is 2. The zero-order valence-electron chi connectivity index (χ0n) is 20.7. The highest BCUT2D eigenvalue weighted by Crippen LogP contribution is 2.31. The molecule has 4 aromatic carbocycles. The fourth-order valence-corrected chi connectivity index (χ4v) is 4.87. The first-order valence-corrected chi connectivity index (χ1v) is 13.1. The Labute approximate surface area is 216 Å². The summed E-state index contributed by atoms with van der Waals surface area (Å²) in [5, 5.41) is 4.75. The molecular formula is C28H28N2O6S. The smallest absolute Gasteiger partial charge is 0.265 e. The predicted octanol–water partition coefficient (Wildman–Crippen LogP) is 5.45. The summed E-state index contributed by atoms with van der Waals surface area (Å²) in [6.07, 6.45) is -0.270. The third-order valence-corrected chi connectivity index (χ3v) is 7.15. The Kier molecular flexibility index (Phi) is 7.83. The van der Waals surface area contributed by atoms with Gasteiger partial charge in [-0.1, -0.05) is 43.3 Å². The number of anilines is 2. The molecule has 37 heavy (non-hydrogen) atoms. The molecule has 0 aliphatic heterocycles. The van der Waals surface area contributed by atoms with Crippen LogP contribution in [0.15, 0.2) is 89.8 Å². The third kappa shape index (κ3) is 5.95. The van der Waals surface area contributed by atoms with Crippen LogP contribution in [0.1, 0.15) is 13.3 Å². The first kappa shape index (κ1) is 25.8. The van der Waals surface area contributed by atoms with Crippen LogP contribution in [-0.4, -0.2) is 34.6 Å². The van der Waals surface area contributed by atoms with Gasteiger partial charge in [0.15, 0.2) is 6.10 Å². The SMILES string of the molecule is CC[C@H](Oc1cccc2ccccc12)C(=O)Nc1ccc(S(=O)(=O)Nc2ccc(OC)cc2OC)cc1. The van der Waals surface area contributed by atoms with E-state index in [9.17, 15) is 13.2 Å². The number of methoxy groups -OCH3 is 2. The van der Waals surface area contributed by atoms with Gasteiger partial charge in [-0.05, 0) is 54.3 Å². The Morgan fingerprint density at radius 3 is 2.30 bits per heavy atom. The predicted molar refractivity (Wildman–Crippen MR) is 144 cm³/mol. The number of sulfonamides is 1. The molecule has 0 radical (unpaired) electrons. The van der Waals surface area contributed by atoms with Gasteiger partial charge in [0.2, 0.25) is 0 Å². The maximum Gasteiger partial charge on any atom is 0.265 e. The van der Waals surface area contributed by atoms with Gasteiger partial charge in [0.1, 0.15) is 17.2 Å². The lowest BCUT2D eigenvalue weighted by Gasteiger charge is -2.19. The van der Waals surface area contributed by atoms with Crippen LogP contribution in [0.2, 0.25) is 0 Å². The van der Waals surface area contributed by atoms with Gasteiger partial charge in [-0.2, -0.15) is 0 Å². The number of fused-ring (bicyclic) bond motifs is 1. The lowest BCUT2D eigenvalue weighted by Crippen LogP contribution is -2.32. The Morgan fingerprint density at radius 2 is 1.59 bits per heavy atom. The van der Waals surface area contributed by atoms with Gasteiger partial charge in [-0.3, -0.25) is 9.52 Å². The van der Waals surface area contributed by atoms with E-state index in [1.807, 2.05) is 49.4 Å². The van der Waals surface area contributed by atoms with Gasteiger partial charge < -0.3 is 19.5 Å². The van der Waals surface area contributed by atoms with Crippen LogP contribution >= 0.6 is 0 Å². The van der Waals surface area contributed by atoms with E-state index in [4.69, 9.17) is 14.2 Å². The maximum atomic E-state index is 12.9. The van der Waals surface area contributed by atoms with Gasteiger partial charge in [-0.15, -0.1) is 0 Å².